The Labute approximate surface area is 151 Å². The summed E-state index contributed by atoms with van der Waals surface area (Å²) in [4.78, 5) is 15.6. The highest BCUT2D eigenvalue weighted by atomic mass is 19.3. The van der Waals surface area contributed by atoms with Gasteiger partial charge in [-0.2, -0.15) is 22.5 Å². The third-order valence-corrected chi connectivity index (χ3v) is 4.59. The molecule has 2 heterocycles. The monoisotopic (exact) mass is 395 g/mol. The van der Waals surface area contributed by atoms with Crippen molar-refractivity contribution in [3.8, 4) is 11.8 Å². The summed E-state index contributed by atoms with van der Waals surface area (Å²) in [6.45, 7) is 0.622. The summed E-state index contributed by atoms with van der Waals surface area (Å²) in [7, 11) is 1.21. The van der Waals surface area contributed by atoms with Crippen molar-refractivity contribution in [3.05, 3.63) is 17.4 Å². The second kappa shape index (κ2) is 7.10. The molecule has 0 bridgehead atoms. The van der Waals surface area contributed by atoms with Crippen LogP contribution >= 0.6 is 0 Å². The summed E-state index contributed by atoms with van der Waals surface area (Å²) >= 11 is 0. The van der Waals surface area contributed by atoms with Crippen LogP contribution < -0.4 is 20.1 Å². The Kier molecular flexibility index (Phi) is 5.15. The second-order valence-electron chi connectivity index (χ2n) is 6.45. The molecule has 150 valence electrons. The summed E-state index contributed by atoms with van der Waals surface area (Å²) in [6, 6.07) is 0.567. The van der Waals surface area contributed by atoms with E-state index < -0.39 is 36.1 Å². The van der Waals surface area contributed by atoms with Crippen molar-refractivity contribution in [2.75, 3.05) is 13.7 Å². The molecule has 1 aliphatic heterocycles. The maximum atomic E-state index is 14.2. The molecule has 1 saturated heterocycles. The lowest BCUT2D eigenvalue weighted by Gasteiger charge is -2.42. The van der Waals surface area contributed by atoms with Gasteiger partial charge in [-0.15, -0.1) is 0 Å². The lowest BCUT2D eigenvalue weighted by Crippen LogP contribution is -2.64. The van der Waals surface area contributed by atoms with E-state index in [0.717, 1.165) is 19.0 Å². The van der Waals surface area contributed by atoms with Gasteiger partial charge in [-0.3, -0.25) is 4.79 Å². The van der Waals surface area contributed by atoms with Gasteiger partial charge in [-0.25, -0.2) is 4.39 Å². The van der Waals surface area contributed by atoms with E-state index in [1.807, 2.05) is 0 Å². The molecule has 2 fully saturated rings. The van der Waals surface area contributed by atoms with Crippen LogP contribution in [0.5, 0.6) is 11.8 Å². The topological polar surface area (TPSA) is 72.5 Å². The largest absolute Gasteiger partial charge is 0.481 e. The molecule has 1 aliphatic carbocycles. The standard InChI is InChI=1S/C16H18F5N3O3/c1-26-13-8(7-23-12(25)10-3-2-4-22-10)5-9(17)14(24-13)27-11-6-15(18,19)16(11,20)21/h5,10-11,22H,2-4,6-7H2,1H3,(H,23,25)/t10-,11?/m0/s1. The van der Waals surface area contributed by atoms with Gasteiger partial charge >= 0.3 is 11.8 Å². The Morgan fingerprint density at radius 1 is 1.37 bits per heavy atom. The van der Waals surface area contributed by atoms with Crippen molar-refractivity contribution < 1.29 is 36.2 Å². The van der Waals surface area contributed by atoms with Crippen molar-refractivity contribution in [3.63, 3.8) is 0 Å². The summed E-state index contributed by atoms with van der Waals surface area (Å²) in [6.07, 6.45) is -1.87. The van der Waals surface area contributed by atoms with Gasteiger partial charge in [0.15, 0.2) is 11.9 Å². The van der Waals surface area contributed by atoms with Crippen LogP contribution in [0.1, 0.15) is 24.8 Å². The van der Waals surface area contributed by atoms with Crippen LogP contribution in [-0.4, -0.2) is 48.5 Å². The average Bonchev–Trinajstić information content (AvgIpc) is 3.15. The Hall–Kier alpha value is -2.17. The highest BCUT2D eigenvalue weighted by molar-refractivity contribution is 5.82. The van der Waals surface area contributed by atoms with Gasteiger partial charge in [0.1, 0.15) is 0 Å². The van der Waals surface area contributed by atoms with Crippen LogP contribution in [0.25, 0.3) is 0 Å². The number of halogens is 5. The predicted molar refractivity (Wildman–Crippen MR) is 82.5 cm³/mol. The Morgan fingerprint density at radius 2 is 2.11 bits per heavy atom. The first-order valence-electron chi connectivity index (χ1n) is 8.32. The molecule has 0 spiro atoms. The van der Waals surface area contributed by atoms with E-state index in [2.05, 4.69) is 20.4 Å². The van der Waals surface area contributed by atoms with Crippen molar-refractivity contribution in [1.29, 1.82) is 0 Å². The summed E-state index contributed by atoms with van der Waals surface area (Å²) in [5, 5.41) is 5.61. The first-order valence-corrected chi connectivity index (χ1v) is 8.32. The van der Waals surface area contributed by atoms with Gasteiger partial charge in [0, 0.05) is 12.1 Å². The molecule has 1 aromatic heterocycles. The fraction of sp³-hybridized carbons (Fsp3) is 0.625. The second-order valence-corrected chi connectivity index (χ2v) is 6.45. The number of ether oxygens (including phenoxy) is 2. The number of hydrogen-bond donors (Lipinski definition) is 2. The molecule has 11 heteroatoms. The van der Waals surface area contributed by atoms with Crippen LogP contribution in [0.3, 0.4) is 0 Å². The fourth-order valence-electron chi connectivity index (χ4n) is 2.95. The third kappa shape index (κ3) is 3.64. The Bertz CT molecular complexity index is 725. The quantitative estimate of drug-likeness (QED) is 0.722. The van der Waals surface area contributed by atoms with Crippen molar-refractivity contribution >= 4 is 5.91 Å². The fourth-order valence-corrected chi connectivity index (χ4v) is 2.95. The molecule has 6 nitrogen and oxygen atoms in total. The normalized spacial score (nSPS) is 25.6. The van der Waals surface area contributed by atoms with Gasteiger partial charge < -0.3 is 20.1 Å². The highest BCUT2D eigenvalue weighted by Gasteiger charge is 2.73. The molecule has 1 saturated carbocycles. The molecule has 2 aliphatic rings. The molecule has 1 aromatic rings. The van der Waals surface area contributed by atoms with Crippen LogP contribution in [0.15, 0.2) is 6.07 Å². The van der Waals surface area contributed by atoms with E-state index in [1.54, 1.807) is 0 Å². The third-order valence-electron chi connectivity index (χ3n) is 4.59. The lowest BCUT2D eigenvalue weighted by atomic mass is 9.85. The molecule has 2 atom stereocenters. The Balaban J connectivity index is 1.69. The number of methoxy groups -OCH3 is 1. The molecule has 1 amide bonds. The SMILES string of the molecule is COc1nc(OC2CC(F)(F)C2(F)F)c(F)cc1CNC(=O)[C@@H]1CCCN1. The zero-order chi connectivity index (χ0) is 19.8. The Morgan fingerprint density at radius 3 is 2.67 bits per heavy atom. The van der Waals surface area contributed by atoms with Crippen LogP contribution in [0.4, 0.5) is 22.0 Å². The molecular weight excluding hydrogens is 377 g/mol. The van der Waals surface area contributed by atoms with Crippen LogP contribution in [0.2, 0.25) is 0 Å². The molecule has 0 radical (unpaired) electrons. The van der Waals surface area contributed by atoms with Gasteiger partial charge in [0.05, 0.1) is 19.6 Å². The molecular formula is C16H18F5N3O3. The first-order chi connectivity index (χ1) is 12.7. The van der Waals surface area contributed by atoms with Crippen LogP contribution in [-0.2, 0) is 11.3 Å². The molecule has 2 N–H and O–H groups in total. The van der Waals surface area contributed by atoms with Crippen molar-refractivity contribution in [2.24, 2.45) is 0 Å². The minimum atomic E-state index is -4.41. The van der Waals surface area contributed by atoms with E-state index in [-0.39, 0.29) is 29.9 Å². The first kappa shape index (κ1) is 19.6. The number of nitrogens with one attached hydrogen (secondary N) is 2. The van der Waals surface area contributed by atoms with Gasteiger partial charge in [0.2, 0.25) is 11.8 Å². The molecule has 0 aromatic carbocycles. The number of carbonyl (C=O) groups is 1. The number of hydrogen-bond acceptors (Lipinski definition) is 5. The zero-order valence-corrected chi connectivity index (χ0v) is 14.3. The zero-order valence-electron chi connectivity index (χ0n) is 14.3. The minimum absolute atomic E-state index is 0.109. The van der Waals surface area contributed by atoms with Gasteiger partial charge in [0.25, 0.3) is 5.88 Å². The van der Waals surface area contributed by atoms with E-state index in [1.165, 1.54) is 7.11 Å². The lowest BCUT2D eigenvalue weighted by molar-refractivity contribution is -0.324. The summed E-state index contributed by atoms with van der Waals surface area (Å²) in [5.74, 6) is -11.0. The van der Waals surface area contributed by atoms with Crippen LogP contribution in [0, 0.1) is 5.82 Å². The highest BCUT2D eigenvalue weighted by Crippen LogP contribution is 2.52. The van der Waals surface area contributed by atoms with Gasteiger partial charge in [-0.1, -0.05) is 0 Å². The maximum Gasteiger partial charge on any atom is 0.346 e. The summed E-state index contributed by atoms with van der Waals surface area (Å²) in [5.41, 5.74) is 0.152. The molecule has 1 unspecified atom stereocenters. The van der Waals surface area contributed by atoms with E-state index in [9.17, 15) is 26.7 Å². The number of amides is 1. The summed E-state index contributed by atoms with van der Waals surface area (Å²) < 4.78 is 76.1. The smallest absolute Gasteiger partial charge is 0.346 e. The average molecular weight is 395 g/mol. The predicted octanol–water partition coefficient (Wildman–Crippen LogP) is 2.02. The number of alkyl halides is 4. The number of carbonyl (C=O) groups excluding carboxylic acids is 1. The number of rotatable bonds is 6. The van der Waals surface area contributed by atoms with E-state index in [4.69, 9.17) is 4.74 Å². The molecule has 3 rings (SSSR count). The van der Waals surface area contributed by atoms with E-state index >= 15 is 0 Å². The van der Waals surface area contributed by atoms with Crippen molar-refractivity contribution in [1.82, 2.24) is 15.6 Å². The molecule has 27 heavy (non-hydrogen) atoms. The minimum Gasteiger partial charge on any atom is -0.481 e. The van der Waals surface area contributed by atoms with Gasteiger partial charge in [-0.05, 0) is 25.5 Å². The van der Waals surface area contributed by atoms with Crippen molar-refractivity contribution in [2.45, 2.75) is 49.8 Å². The maximum absolute atomic E-state index is 14.2. The number of pyridine rings is 1. The number of nitrogens with zero attached hydrogens (tertiary/aromatic N) is 1. The number of aromatic nitrogens is 1. The van der Waals surface area contributed by atoms with E-state index in [0.29, 0.717) is 6.42 Å².